The van der Waals surface area contributed by atoms with Gasteiger partial charge in [0, 0.05) is 62.3 Å². The maximum Gasteiger partial charge on any atom is 0.150 e. The molecule has 6 heterocycles. The Kier molecular flexibility index (Phi) is 5.85. The third kappa shape index (κ3) is 4.08. The van der Waals surface area contributed by atoms with Gasteiger partial charge >= 0.3 is 0 Å². The highest BCUT2D eigenvalue weighted by atomic mass is 16.5. The van der Waals surface area contributed by atoms with Gasteiger partial charge in [0.05, 0.1) is 36.0 Å². The summed E-state index contributed by atoms with van der Waals surface area (Å²) >= 11 is 0. The number of morpholine rings is 1. The summed E-state index contributed by atoms with van der Waals surface area (Å²) < 4.78 is 15.9. The van der Waals surface area contributed by atoms with Crippen LogP contribution in [0.5, 0.6) is 0 Å². The van der Waals surface area contributed by atoms with Crippen LogP contribution in [0.25, 0.3) is 11.4 Å². The maximum absolute atomic E-state index is 6.13. The summed E-state index contributed by atoms with van der Waals surface area (Å²) in [6.45, 7) is 6.18. The van der Waals surface area contributed by atoms with Crippen LogP contribution in [0.4, 0.5) is 5.69 Å². The van der Waals surface area contributed by atoms with Gasteiger partial charge in [0.1, 0.15) is 5.71 Å². The van der Waals surface area contributed by atoms with Gasteiger partial charge in [-0.2, -0.15) is 10.2 Å². The quantitative estimate of drug-likeness (QED) is 0.527. The van der Waals surface area contributed by atoms with E-state index in [0.29, 0.717) is 17.9 Å². The van der Waals surface area contributed by atoms with E-state index in [-0.39, 0.29) is 6.23 Å². The van der Waals surface area contributed by atoms with Crippen LogP contribution in [-0.4, -0.2) is 69.2 Å². The Bertz CT molecular complexity index is 1320. The van der Waals surface area contributed by atoms with E-state index in [1.54, 1.807) is 0 Å². The molecule has 2 unspecified atom stereocenters. The van der Waals surface area contributed by atoms with Crippen LogP contribution < -0.4 is 4.90 Å². The van der Waals surface area contributed by atoms with Crippen LogP contribution in [0.15, 0.2) is 35.6 Å². The molecule has 0 spiro atoms. The first kappa shape index (κ1) is 23.1. The molecule has 7 rings (SSSR count). The Balaban J connectivity index is 1.42. The zero-order valence-electron chi connectivity index (χ0n) is 21.7. The number of fused-ring (bicyclic) bond motifs is 1. The van der Waals surface area contributed by atoms with Crippen molar-refractivity contribution in [2.75, 3.05) is 37.8 Å². The molecular weight excluding hydrogens is 466 g/mol. The highest BCUT2D eigenvalue weighted by molar-refractivity contribution is 6.13. The van der Waals surface area contributed by atoms with E-state index >= 15 is 0 Å². The van der Waals surface area contributed by atoms with Crippen LogP contribution in [0, 0.1) is 5.92 Å². The monoisotopic (exact) mass is 501 g/mol. The van der Waals surface area contributed by atoms with E-state index in [2.05, 4.69) is 29.1 Å². The number of aryl methyl sites for hydroxylation is 1. The molecule has 3 fully saturated rings. The Morgan fingerprint density at radius 3 is 2.62 bits per heavy atom. The van der Waals surface area contributed by atoms with E-state index in [9.17, 15) is 0 Å². The average molecular weight is 502 g/mol. The molecule has 0 amide bonds. The molecule has 0 radical (unpaired) electrons. The van der Waals surface area contributed by atoms with Crippen molar-refractivity contribution in [2.45, 2.75) is 57.2 Å². The van der Waals surface area contributed by atoms with Crippen molar-refractivity contribution in [1.29, 1.82) is 0 Å². The summed E-state index contributed by atoms with van der Waals surface area (Å²) in [5.74, 6) is 1.06. The number of hydrogen-bond donors (Lipinski definition) is 0. The molecule has 0 bridgehead atoms. The van der Waals surface area contributed by atoms with Gasteiger partial charge in [-0.1, -0.05) is 0 Å². The van der Waals surface area contributed by atoms with Crippen LogP contribution in [0.3, 0.4) is 0 Å². The van der Waals surface area contributed by atoms with Crippen molar-refractivity contribution >= 4 is 11.4 Å². The van der Waals surface area contributed by atoms with Gasteiger partial charge in [-0.15, -0.1) is 0 Å². The lowest BCUT2D eigenvalue weighted by atomic mass is 9.85. The number of anilines is 1. The van der Waals surface area contributed by atoms with Crippen LogP contribution in [0.1, 0.15) is 68.1 Å². The van der Waals surface area contributed by atoms with Crippen LogP contribution in [-0.2, 0) is 16.5 Å². The third-order valence-electron chi connectivity index (χ3n) is 8.37. The summed E-state index contributed by atoms with van der Waals surface area (Å²) in [5.41, 5.74) is 7.49. The largest absolute Gasteiger partial charge is 0.377 e. The van der Waals surface area contributed by atoms with E-state index in [0.717, 1.165) is 80.7 Å². The zero-order valence-corrected chi connectivity index (χ0v) is 21.7. The summed E-state index contributed by atoms with van der Waals surface area (Å²) in [7, 11) is 1.98. The van der Waals surface area contributed by atoms with Crippen LogP contribution in [0.2, 0.25) is 0 Å². The second kappa shape index (κ2) is 9.36. The smallest absolute Gasteiger partial charge is 0.150 e. The summed E-state index contributed by atoms with van der Waals surface area (Å²) in [4.78, 5) is 13.1. The maximum atomic E-state index is 6.13. The topological polar surface area (TPSA) is 82.6 Å². The SMILES string of the molecule is C[C@@H]1COCCN1c1cc(-c2ccnn2C)nc2c1C(C1CC1)CN=C2c1ccnn1C1CCCCO1. The number of aliphatic imine (C=N–C) groups is 1. The van der Waals surface area contributed by atoms with E-state index in [1.807, 2.05) is 34.9 Å². The van der Waals surface area contributed by atoms with E-state index in [1.165, 1.54) is 24.1 Å². The van der Waals surface area contributed by atoms with E-state index in [4.69, 9.17) is 24.5 Å². The van der Waals surface area contributed by atoms with Gasteiger partial charge in [-0.25, -0.2) is 9.67 Å². The van der Waals surface area contributed by atoms with Gasteiger partial charge in [0.25, 0.3) is 0 Å². The highest BCUT2D eigenvalue weighted by Gasteiger charge is 2.41. The van der Waals surface area contributed by atoms with Gasteiger partial charge in [0.15, 0.2) is 6.23 Å². The fourth-order valence-electron chi connectivity index (χ4n) is 6.26. The van der Waals surface area contributed by atoms with Gasteiger partial charge in [-0.05, 0) is 63.1 Å². The summed E-state index contributed by atoms with van der Waals surface area (Å²) in [5, 5.41) is 9.15. The molecule has 2 saturated heterocycles. The molecule has 3 aromatic heterocycles. The molecule has 0 N–H and O–H groups in total. The molecule has 4 aliphatic rings. The minimum Gasteiger partial charge on any atom is -0.377 e. The molecule has 3 aliphatic heterocycles. The lowest BCUT2D eigenvalue weighted by Crippen LogP contribution is -2.45. The van der Waals surface area contributed by atoms with Gasteiger partial charge < -0.3 is 14.4 Å². The minimum absolute atomic E-state index is 0.0509. The number of ether oxygens (including phenoxy) is 2. The Hall–Kier alpha value is -3.04. The van der Waals surface area contributed by atoms with Crippen molar-refractivity contribution in [1.82, 2.24) is 24.5 Å². The predicted molar refractivity (Wildman–Crippen MR) is 141 cm³/mol. The molecule has 194 valence electrons. The third-order valence-corrected chi connectivity index (χ3v) is 8.37. The molecule has 9 nitrogen and oxygen atoms in total. The zero-order chi connectivity index (χ0) is 24.9. The Morgan fingerprint density at radius 2 is 1.86 bits per heavy atom. The van der Waals surface area contributed by atoms with Gasteiger partial charge in [-0.3, -0.25) is 9.67 Å². The van der Waals surface area contributed by atoms with Crippen LogP contribution >= 0.6 is 0 Å². The summed E-state index contributed by atoms with van der Waals surface area (Å²) in [6, 6.07) is 6.70. The summed E-state index contributed by atoms with van der Waals surface area (Å²) in [6.07, 6.45) is 9.43. The standard InChI is InChI=1S/C28H35N7O2/c1-18-17-36-14-12-34(18)24-15-21(22-8-10-30-33(22)2)32-28-26(24)20(19-6-7-19)16-29-27(28)23-9-11-31-35(23)25-5-3-4-13-37-25/h8-11,15,18-20,25H,3-7,12-14,16-17H2,1-2H3/t18-,20?,25?/m1/s1. The highest BCUT2D eigenvalue weighted by Crippen LogP contribution is 2.49. The first-order valence-electron chi connectivity index (χ1n) is 13.8. The lowest BCUT2D eigenvalue weighted by Gasteiger charge is -2.39. The van der Waals surface area contributed by atoms with Crippen molar-refractivity contribution < 1.29 is 9.47 Å². The van der Waals surface area contributed by atoms with Crippen molar-refractivity contribution in [3.8, 4) is 11.4 Å². The molecule has 9 heteroatoms. The van der Waals surface area contributed by atoms with Crippen molar-refractivity contribution in [3.63, 3.8) is 0 Å². The second-order valence-electron chi connectivity index (χ2n) is 10.9. The second-order valence-corrected chi connectivity index (χ2v) is 10.9. The lowest BCUT2D eigenvalue weighted by molar-refractivity contribution is -0.0397. The molecular formula is C28H35N7O2. The van der Waals surface area contributed by atoms with E-state index < -0.39 is 0 Å². The molecule has 0 aromatic carbocycles. The number of hydrogen-bond acceptors (Lipinski definition) is 7. The number of pyridine rings is 1. The number of aromatic nitrogens is 5. The fourth-order valence-corrected chi connectivity index (χ4v) is 6.26. The molecule has 3 aromatic rings. The Labute approximate surface area is 217 Å². The fraction of sp³-hybridized carbons (Fsp3) is 0.571. The van der Waals surface area contributed by atoms with Gasteiger partial charge in [0.2, 0.25) is 0 Å². The number of rotatable bonds is 5. The first-order chi connectivity index (χ1) is 18.2. The predicted octanol–water partition coefficient (Wildman–Crippen LogP) is 3.95. The molecule has 3 atom stereocenters. The molecule has 37 heavy (non-hydrogen) atoms. The minimum atomic E-state index is -0.0509. The Morgan fingerprint density at radius 1 is 1.00 bits per heavy atom. The van der Waals surface area contributed by atoms with Crippen molar-refractivity contribution in [2.24, 2.45) is 18.0 Å². The first-order valence-corrected chi connectivity index (χ1v) is 13.8. The van der Waals surface area contributed by atoms with Crippen molar-refractivity contribution in [3.05, 3.63) is 47.5 Å². The molecule has 1 aliphatic carbocycles. The average Bonchev–Trinajstić information content (AvgIpc) is 3.50. The number of nitrogens with zero attached hydrogens (tertiary/aromatic N) is 7. The molecule has 1 saturated carbocycles. The normalized spacial score (nSPS) is 26.2.